The van der Waals surface area contributed by atoms with Gasteiger partial charge in [0.15, 0.2) is 0 Å². The first-order valence-electron chi connectivity index (χ1n) is 3.89. The Morgan fingerprint density at radius 2 is 2.29 bits per heavy atom. The number of rotatable bonds is 3. The monoisotopic (exact) mass is 194 g/mol. The Kier molecular flexibility index (Phi) is 3.49. The highest BCUT2D eigenvalue weighted by Crippen LogP contribution is 2.14. The SMILES string of the molecule is COc1ccccc1/C=N/NC(=O)O. The van der Waals surface area contributed by atoms with Crippen LogP contribution in [0.25, 0.3) is 0 Å². The Morgan fingerprint density at radius 1 is 1.57 bits per heavy atom. The normalized spacial score (nSPS) is 10.1. The molecule has 0 heterocycles. The highest BCUT2D eigenvalue weighted by Gasteiger charge is 1.97. The van der Waals surface area contributed by atoms with Crippen molar-refractivity contribution in [3.63, 3.8) is 0 Å². The van der Waals surface area contributed by atoms with Crippen LogP contribution in [0.4, 0.5) is 4.79 Å². The van der Waals surface area contributed by atoms with Gasteiger partial charge in [-0.25, -0.2) is 10.2 Å². The molecule has 0 saturated carbocycles. The van der Waals surface area contributed by atoms with Gasteiger partial charge in [0.2, 0.25) is 0 Å². The smallest absolute Gasteiger partial charge is 0.425 e. The number of hydrazone groups is 1. The second kappa shape index (κ2) is 4.86. The van der Waals surface area contributed by atoms with Gasteiger partial charge in [0.25, 0.3) is 0 Å². The van der Waals surface area contributed by atoms with Crippen molar-refractivity contribution < 1.29 is 14.6 Å². The van der Waals surface area contributed by atoms with Crippen molar-refractivity contribution in [1.29, 1.82) is 0 Å². The Hall–Kier alpha value is -2.04. The lowest BCUT2D eigenvalue weighted by Crippen LogP contribution is -2.13. The van der Waals surface area contributed by atoms with E-state index < -0.39 is 6.09 Å². The van der Waals surface area contributed by atoms with E-state index in [4.69, 9.17) is 9.84 Å². The van der Waals surface area contributed by atoms with E-state index in [1.54, 1.807) is 12.1 Å². The number of carboxylic acid groups (broad SMARTS) is 1. The van der Waals surface area contributed by atoms with E-state index in [2.05, 4.69) is 5.10 Å². The van der Waals surface area contributed by atoms with E-state index in [-0.39, 0.29) is 0 Å². The second-order valence-electron chi connectivity index (χ2n) is 2.42. The summed E-state index contributed by atoms with van der Waals surface area (Å²) in [6.45, 7) is 0. The molecule has 0 aliphatic heterocycles. The van der Waals surface area contributed by atoms with Gasteiger partial charge in [-0.1, -0.05) is 12.1 Å². The van der Waals surface area contributed by atoms with Gasteiger partial charge in [-0.3, -0.25) is 0 Å². The van der Waals surface area contributed by atoms with Crippen LogP contribution in [-0.4, -0.2) is 24.5 Å². The predicted octanol–water partition coefficient (Wildman–Crippen LogP) is 1.30. The number of nitrogens with zero attached hydrogens (tertiary/aromatic N) is 1. The minimum absolute atomic E-state index is 0.642. The number of nitrogens with one attached hydrogen (secondary N) is 1. The van der Waals surface area contributed by atoms with E-state index >= 15 is 0 Å². The number of hydrogen-bond donors (Lipinski definition) is 2. The molecule has 1 rings (SSSR count). The van der Waals surface area contributed by atoms with E-state index in [1.165, 1.54) is 13.3 Å². The minimum Gasteiger partial charge on any atom is -0.496 e. The van der Waals surface area contributed by atoms with Gasteiger partial charge in [-0.15, -0.1) is 0 Å². The summed E-state index contributed by atoms with van der Waals surface area (Å²) in [6.07, 6.45) is 0.184. The molecule has 1 aromatic carbocycles. The van der Waals surface area contributed by atoms with Gasteiger partial charge >= 0.3 is 6.09 Å². The Bertz CT molecular complexity index is 350. The highest BCUT2D eigenvalue weighted by molar-refractivity contribution is 5.84. The predicted molar refractivity (Wildman–Crippen MR) is 51.7 cm³/mol. The van der Waals surface area contributed by atoms with E-state index in [9.17, 15) is 4.79 Å². The maximum atomic E-state index is 10.1. The molecule has 0 unspecified atom stereocenters. The molecule has 74 valence electrons. The largest absolute Gasteiger partial charge is 0.496 e. The van der Waals surface area contributed by atoms with Crippen LogP contribution < -0.4 is 10.2 Å². The first-order chi connectivity index (χ1) is 6.74. The van der Waals surface area contributed by atoms with Crippen molar-refractivity contribution >= 4 is 12.3 Å². The van der Waals surface area contributed by atoms with Crippen LogP contribution in [-0.2, 0) is 0 Å². The van der Waals surface area contributed by atoms with Gasteiger partial charge in [-0.2, -0.15) is 5.10 Å². The molecule has 0 radical (unpaired) electrons. The number of para-hydroxylation sites is 1. The number of methoxy groups -OCH3 is 1. The van der Waals surface area contributed by atoms with Gasteiger partial charge in [0, 0.05) is 5.56 Å². The Morgan fingerprint density at radius 3 is 2.93 bits per heavy atom. The summed E-state index contributed by atoms with van der Waals surface area (Å²) in [5, 5.41) is 11.8. The van der Waals surface area contributed by atoms with Crippen molar-refractivity contribution in [3.05, 3.63) is 29.8 Å². The summed E-state index contributed by atoms with van der Waals surface area (Å²) in [5.41, 5.74) is 2.59. The zero-order chi connectivity index (χ0) is 10.4. The third-order valence-corrected chi connectivity index (χ3v) is 1.50. The number of hydrogen-bond acceptors (Lipinski definition) is 3. The molecule has 0 bridgehead atoms. The molecule has 0 aliphatic carbocycles. The highest BCUT2D eigenvalue weighted by atomic mass is 16.5. The standard InChI is InChI=1S/C9H10N2O3/c1-14-8-5-3-2-4-7(8)6-10-11-9(12)13/h2-6,11H,1H3,(H,12,13)/b10-6+. The molecule has 0 aromatic heterocycles. The fraction of sp³-hybridized carbons (Fsp3) is 0.111. The van der Waals surface area contributed by atoms with Crippen LogP contribution in [0.3, 0.4) is 0 Å². The summed E-state index contributed by atoms with van der Waals surface area (Å²) in [7, 11) is 1.54. The average molecular weight is 194 g/mol. The minimum atomic E-state index is -1.20. The van der Waals surface area contributed by atoms with E-state index in [0.717, 1.165) is 0 Å². The second-order valence-corrected chi connectivity index (χ2v) is 2.42. The molecule has 14 heavy (non-hydrogen) atoms. The van der Waals surface area contributed by atoms with Crippen LogP contribution in [0.2, 0.25) is 0 Å². The van der Waals surface area contributed by atoms with Gasteiger partial charge in [-0.05, 0) is 12.1 Å². The molecule has 0 saturated heterocycles. The molecule has 2 N–H and O–H groups in total. The molecule has 1 amide bonds. The third-order valence-electron chi connectivity index (χ3n) is 1.50. The molecule has 0 atom stereocenters. The molecular weight excluding hydrogens is 184 g/mol. The fourth-order valence-corrected chi connectivity index (χ4v) is 0.930. The summed E-state index contributed by atoms with van der Waals surface area (Å²) in [4.78, 5) is 10.1. The lowest BCUT2D eigenvalue weighted by atomic mass is 10.2. The average Bonchev–Trinajstić information content (AvgIpc) is 2.18. The summed E-state index contributed by atoms with van der Waals surface area (Å²) in [5.74, 6) is 0.642. The number of amides is 1. The number of benzene rings is 1. The van der Waals surface area contributed by atoms with Crippen LogP contribution in [0.15, 0.2) is 29.4 Å². The topological polar surface area (TPSA) is 70.9 Å². The first-order valence-corrected chi connectivity index (χ1v) is 3.89. The number of ether oxygens (including phenoxy) is 1. The zero-order valence-corrected chi connectivity index (χ0v) is 7.60. The molecule has 0 aliphatic rings. The quantitative estimate of drug-likeness (QED) is 0.562. The fourth-order valence-electron chi connectivity index (χ4n) is 0.930. The lowest BCUT2D eigenvalue weighted by Gasteiger charge is -2.02. The molecule has 0 spiro atoms. The molecular formula is C9H10N2O3. The summed E-state index contributed by atoms with van der Waals surface area (Å²) < 4.78 is 5.04. The molecule has 0 fully saturated rings. The summed E-state index contributed by atoms with van der Waals surface area (Å²) in [6, 6.07) is 7.17. The molecule has 5 heteroatoms. The Labute approximate surface area is 81.0 Å². The molecule has 1 aromatic rings. The van der Waals surface area contributed by atoms with E-state index in [0.29, 0.717) is 11.3 Å². The van der Waals surface area contributed by atoms with Gasteiger partial charge in [0.05, 0.1) is 13.3 Å². The van der Waals surface area contributed by atoms with Crippen molar-refractivity contribution in [2.75, 3.05) is 7.11 Å². The van der Waals surface area contributed by atoms with Crippen molar-refractivity contribution in [3.8, 4) is 5.75 Å². The number of carbonyl (C=O) groups is 1. The third kappa shape index (κ3) is 2.78. The first kappa shape index (κ1) is 10.0. The van der Waals surface area contributed by atoms with Gasteiger partial charge < -0.3 is 9.84 Å². The van der Waals surface area contributed by atoms with Crippen LogP contribution in [0.1, 0.15) is 5.56 Å². The molecule has 5 nitrogen and oxygen atoms in total. The van der Waals surface area contributed by atoms with E-state index in [1.807, 2.05) is 17.6 Å². The van der Waals surface area contributed by atoms with Crippen LogP contribution in [0, 0.1) is 0 Å². The van der Waals surface area contributed by atoms with Gasteiger partial charge in [0.1, 0.15) is 5.75 Å². The van der Waals surface area contributed by atoms with Crippen molar-refractivity contribution in [1.82, 2.24) is 5.43 Å². The van der Waals surface area contributed by atoms with Crippen LogP contribution >= 0.6 is 0 Å². The maximum absolute atomic E-state index is 10.1. The zero-order valence-electron chi connectivity index (χ0n) is 7.60. The lowest BCUT2D eigenvalue weighted by molar-refractivity contribution is 0.195. The van der Waals surface area contributed by atoms with Crippen molar-refractivity contribution in [2.24, 2.45) is 5.10 Å². The summed E-state index contributed by atoms with van der Waals surface area (Å²) >= 11 is 0. The maximum Gasteiger partial charge on any atom is 0.425 e. The van der Waals surface area contributed by atoms with Crippen molar-refractivity contribution in [2.45, 2.75) is 0 Å². The Balaban J connectivity index is 2.75. The van der Waals surface area contributed by atoms with Crippen LogP contribution in [0.5, 0.6) is 5.75 Å².